The van der Waals surface area contributed by atoms with E-state index in [9.17, 15) is 22.8 Å². The first-order chi connectivity index (χ1) is 14.5. The molecule has 3 rings (SSSR count). The van der Waals surface area contributed by atoms with Crippen LogP contribution < -0.4 is 10.2 Å². The van der Waals surface area contributed by atoms with Crippen LogP contribution in [0.1, 0.15) is 12.0 Å². The van der Waals surface area contributed by atoms with Crippen LogP contribution in [0.3, 0.4) is 0 Å². The van der Waals surface area contributed by atoms with E-state index in [0.29, 0.717) is 0 Å². The van der Waals surface area contributed by atoms with Gasteiger partial charge in [0.15, 0.2) is 5.17 Å². The van der Waals surface area contributed by atoms with E-state index < -0.39 is 33.8 Å². The summed E-state index contributed by atoms with van der Waals surface area (Å²) in [5.74, 6) is -0.939. The van der Waals surface area contributed by atoms with Crippen molar-refractivity contribution in [3.05, 3.63) is 57.0 Å². The lowest BCUT2D eigenvalue weighted by Gasteiger charge is -2.17. The van der Waals surface area contributed by atoms with Gasteiger partial charge in [0, 0.05) is 19.2 Å². The van der Waals surface area contributed by atoms with Gasteiger partial charge in [-0.15, -0.1) is 0 Å². The minimum Gasteiger partial charge on any atom is -0.335 e. The van der Waals surface area contributed by atoms with Crippen LogP contribution in [0.25, 0.3) is 0 Å². The average Bonchev–Trinajstić information content (AvgIpc) is 2.97. The SMILES string of the molecule is CN=C(Nc1ccc(Cl)c(C(F)(F)F)c1)S[C@H]1CC(=O)N(c2ccc(Cl)c(Cl)c2)C1=O. The van der Waals surface area contributed by atoms with Gasteiger partial charge in [0.05, 0.1) is 26.3 Å². The number of hydrogen-bond acceptors (Lipinski definition) is 4. The maximum atomic E-state index is 13.1. The zero-order valence-corrected chi connectivity index (χ0v) is 18.7. The lowest BCUT2D eigenvalue weighted by Crippen LogP contribution is -2.31. The second-order valence-electron chi connectivity index (χ2n) is 6.32. The van der Waals surface area contributed by atoms with Crippen LogP contribution in [0, 0.1) is 0 Å². The van der Waals surface area contributed by atoms with Crippen LogP contribution in [-0.2, 0) is 15.8 Å². The number of amides is 2. The Morgan fingerprint density at radius 1 is 1.10 bits per heavy atom. The molecule has 0 spiro atoms. The van der Waals surface area contributed by atoms with Gasteiger partial charge in [-0.3, -0.25) is 14.6 Å². The van der Waals surface area contributed by atoms with Gasteiger partial charge >= 0.3 is 6.18 Å². The minimum atomic E-state index is -4.63. The van der Waals surface area contributed by atoms with Crippen LogP contribution in [0.15, 0.2) is 41.4 Å². The number of anilines is 2. The monoisotopic (exact) mass is 509 g/mol. The van der Waals surface area contributed by atoms with Crippen molar-refractivity contribution in [2.45, 2.75) is 17.8 Å². The molecular weight excluding hydrogens is 498 g/mol. The van der Waals surface area contributed by atoms with E-state index >= 15 is 0 Å². The summed E-state index contributed by atoms with van der Waals surface area (Å²) in [6.45, 7) is 0. The standard InChI is InChI=1S/C19H13Cl3F3N3O2S/c1-26-18(27-9-2-4-12(20)11(6-9)19(23,24)25)31-15-8-16(29)28(17(15)30)10-3-5-13(21)14(22)7-10/h2-7,15H,8H2,1H3,(H,26,27)/t15-/m0/s1. The number of hydrogen-bond donors (Lipinski definition) is 1. The minimum absolute atomic E-state index is 0.0861. The highest BCUT2D eigenvalue weighted by Gasteiger charge is 2.41. The van der Waals surface area contributed by atoms with Crippen LogP contribution in [0.2, 0.25) is 15.1 Å². The molecule has 0 aliphatic carbocycles. The van der Waals surface area contributed by atoms with Crippen molar-refractivity contribution in [1.29, 1.82) is 0 Å². The van der Waals surface area contributed by atoms with Crippen molar-refractivity contribution in [1.82, 2.24) is 0 Å². The van der Waals surface area contributed by atoms with Crippen molar-refractivity contribution in [2.75, 3.05) is 17.3 Å². The molecule has 1 heterocycles. The lowest BCUT2D eigenvalue weighted by molar-refractivity contribution is -0.137. The summed E-state index contributed by atoms with van der Waals surface area (Å²) in [5.41, 5.74) is -0.636. The Balaban J connectivity index is 1.76. The molecule has 1 N–H and O–H groups in total. The number of benzene rings is 2. The van der Waals surface area contributed by atoms with E-state index in [0.717, 1.165) is 28.8 Å². The summed E-state index contributed by atoms with van der Waals surface area (Å²) < 4.78 is 39.2. The van der Waals surface area contributed by atoms with Crippen LogP contribution in [0.5, 0.6) is 0 Å². The van der Waals surface area contributed by atoms with Gasteiger partial charge in [-0.25, -0.2) is 4.90 Å². The van der Waals surface area contributed by atoms with E-state index in [1.54, 1.807) is 0 Å². The number of imide groups is 1. The number of amidine groups is 1. The van der Waals surface area contributed by atoms with Gasteiger partial charge in [0.25, 0.3) is 0 Å². The van der Waals surface area contributed by atoms with Crippen molar-refractivity contribution in [3.63, 3.8) is 0 Å². The number of carbonyl (C=O) groups is 2. The summed E-state index contributed by atoms with van der Waals surface area (Å²) in [6.07, 6.45) is -4.74. The molecule has 164 valence electrons. The highest BCUT2D eigenvalue weighted by molar-refractivity contribution is 8.15. The fourth-order valence-corrected chi connectivity index (χ4v) is 4.31. The molecule has 0 unspecified atom stereocenters. The fourth-order valence-electron chi connectivity index (χ4n) is 2.81. The molecule has 0 radical (unpaired) electrons. The summed E-state index contributed by atoms with van der Waals surface area (Å²) in [4.78, 5) is 30.2. The number of alkyl halides is 3. The van der Waals surface area contributed by atoms with Crippen molar-refractivity contribution < 1.29 is 22.8 Å². The Morgan fingerprint density at radius 3 is 2.39 bits per heavy atom. The zero-order valence-electron chi connectivity index (χ0n) is 15.6. The molecule has 31 heavy (non-hydrogen) atoms. The van der Waals surface area contributed by atoms with Gasteiger partial charge in [-0.05, 0) is 36.4 Å². The van der Waals surface area contributed by atoms with Crippen molar-refractivity contribution in [3.8, 4) is 0 Å². The summed E-state index contributed by atoms with van der Waals surface area (Å²) in [7, 11) is 1.41. The molecule has 1 saturated heterocycles. The quantitative estimate of drug-likeness (QED) is 0.307. The molecule has 2 aromatic carbocycles. The second kappa shape index (κ2) is 9.28. The Hall–Kier alpha value is -1.94. The molecule has 1 atom stereocenters. The fraction of sp³-hybridized carbons (Fsp3) is 0.211. The van der Waals surface area contributed by atoms with Crippen molar-refractivity contribution in [2.24, 2.45) is 4.99 Å². The summed E-state index contributed by atoms with van der Waals surface area (Å²) >= 11 is 18.4. The zero-order chi connectivity index (χ0) is 22.9. The number of nitrogens with one attached hydrogen (secondary N) is 1. The highest BCUT2D eigenvalue weighted by atomic mass is 35.5. The van der Waals surface area contributed by atoms with Gasteiger partial charge < -0.3 is 5.32 Å². The Morgan fingerprint density at radius 2 is 1.77 bits per heavy atom. The first-order valence-corrected chi connectivity index (χ1v) is 10.6. The third-order valence-electron chi connectivity index (χ3n) is 4.25. The molecular formula is C19H13Cl3F3N3O2S. The first kappa shape index (κ1) is 23.7. The van der Waals surface area contributed by atoms with Gasteiger partial charge in [-0.2, -0.15) is 13.2 Å². The van der Waals surface area contributed by atoms with Crippen molar-refractivity contribution >= 4 is 74.9 Å². The maximum Gasteiger partial charge on any atom is 0.417 e. The molecule has 1 aliphatic heterocycles. The number of rotatable bonds is 3. The molecule has 0 aromatic heterocycles. The maximum absolute atomic E-state index is 13.1. The molecule has 0 saturated carbocycles. The van der Waals surface area contributed by atoms with Crippen LogP contribution in [0.4, 0.5) is 24.5 Å². The third-order valence-corrected chi connectivity index (χ3v) is 6.48. The lowest BCUT2D eigenvalue weighted by atomic mass is 10.2. The normalized spacial score (nSPS) is 17.5. The van der Waals surface area contributed by atoms with Gasteiger partial charge in [-0.1, -0.05) is 46.6 Å². The van der Waals surface area contributed by atoms with Crippen LogP contribution >= 0.6 is 46.6 Å². The molecule has 0 bridgehead atoms. The first-order valence-electron chi connectivity index (χ1n) is 8.60. The summed E-state index contributed by atoms with van der Waals surface area (Å²) in [5, 5.41) is 2.12. The molecule has 2 aromatic rings. The van der Waals surface area contributed by atoms with E-state index in [-0.39, 0.29) is 33.0 Å². The largest absolute Gasteiger partial charge is 0.417 e. The van der Waals surface area contributed by atoms with E-state index in [4.69, 9.17) is 34.8 Å². The number of aliphatic imine (C=N–C) groups is 1. The van der Waals surface area contributed by atoms with Gasteiger partial charge in [0.2, 0.25) is 11.8 Å². The number of carbonyl (C=O) groups excluding carboxylic acids is 2. The number of nitrogens with zero attached hydrogens (tertiary/aromatic N) is 2. The molecule has 5 nitrogen and oxygen atoms in total. The predicted molar refractivity (Wildman–Crippen MR) is 118 cm³/mol. The topological polar surface area (TPSA) is 61.8 Å². The Bertz CT molecular complexity index is 1080. The van der Waals surface area contributed by atoms with Gasteiger partial charge in [0.1, 0.15) is 5.25 Å². The second-order valence-corrected chi connectivity index (χ2v) is 8.74. The third kappa shape index (κ3) is 5.28. The Labute approximate surface area is 194 Å². The van der Waals surface area contributed by atoms with Crippen LogP contribution in [-0.4, -0.2) is 29.3 Å². The highest BCUT2D eigenvalue weighted by Crippen LogP contribution is 2.37. The Kier molecular flexibility index (Phi) is 7.10. The van der Waals surface area contributed by atoms with E-state index in [2.05, 4.69) is 10.3 Å². The summed E-state index contributed by atoms with van der Waals surface area (Å²) in [6, 6.07) is 7.69. The smallest absolute Gasteiger partial charge is 0.335 e. The molecule has 1 aliphatic rings. The van der Waals surface area contributed by atoms with E-state index in [1.807, 2.05) is 0 Å². The number of thioether (sulfide) groups is 1. The molecule has 12 heteroatoms. The predicted octanol–water partition coefficient (Wildman–Crippen LogP) is 6.13. The van der Waals surface area contributed by atoms with E-state index in [1.165, 1.54) is 31.3 Å². The molecule has 1 fully saturated rings. The average molecular weight is 511 g/mol. The number of halogens is 6. The molecule has 2 amide bonds.